The molecule has 31 heavy (non-hydrogen) atoms. The van der Waals surface area contributed by atoms with Gasteiger partial charge in [-0.15, -0.1) is 0 Å². The van der Waals surface area contributed by atoms with Crippen molar-refractivity contribution in [2.24, 2.45) is 5.16 Å². The summed E-state index contributed by atoms with van der Waals surface area (Å²) < 4.78 is 5.43. The zero-order valence-corrected chi connectivity index (χ0v) is 18.5. The lowest BCUT2D eigenvalue weighted by Crippen LogP contribution is -2.52. The molecule has 8 nitrogen and oxygen atoms in total. The van der Waals surface area contributed by atoms with Crippen LogP contribution < -0.4 is 10.5 Å². The van der Waals surface area contributed by atoms with Gasteiger partial charge in [0, 0.05) is 36.6 Å². The first kappa shape index (κ1) is 21.1. The molecule has 2 aliphatic rings. The van der Waals surface area contributed by atoms with E-state index in [-0.39, 0.29) is 11.3 Å². The highest BCUT2D eigenvalue weighted by atomic mass is 16.7. The fourth-order valence-electron chi connectivity index (χ4n) is 4.38. The van der Waals surface area contributed by atoms with E-state index in [0.717, 1.165) is 35.6 Å². The van der Waals surface area contributed by atoms with Crippen molar-refractivity contribution in [1.29, 1.82) is 0 Å². The van der Waals surface area contributed by atoms with E-state index in [2.05, 4.69) is 22.0 Å². The maximum Gasteiger partial charge on any atom is 0.269 e. The van der Waals surface area contributed by atoms with Gasteiger partial charge in [-0.05, 0) is 38.8 Å². The molecule has 0 spiro atoms. The number of aromatic nitrogens is 2. The Morgan fingerprint density at radius 1 is 1.19 bits per heavy atom. The molecule has 1 aromatic heterocycles. The number of amides is 1. The van der Waals surface area contributed by atoms with Crippen LogP contribution in [0.25, 0.3) is 0 Å². The molecule has 1 amide bonds. The van der Waals surface area contributed by atoms with Gasteiger partial charge in [-0.1, -0.05) is 24.2 Å². The number of nitrogen functional groups attached to an aromatic ring is 1. The third-order valence-corrected chi connectivity index (χ3v) is 6.36. The lowest BCUT2D eigenvalue weighted by Gasteiger charge is -2.41. The van der Waals surface area contributed by atoms with Gasteiger partial charge in [0.15, 0.2) is 0 Å². The summed E-state index contributed by atoms with van der Waals surface area (Å²) in [5, 5.41) is 4.24. The summed E-state index contributed by atoms with van der Waals surface area (Å²) in [6.45, 7) is 7.08. The standard InChI is InChI=1S/C23H29N5O3/c1-15-25-19(13-20(24)26-15)22(2)9-11-28(12-10-22)21(29)23(3)14-17(27-31-23)16-7-5-6-8-18(16)30-4/h5-8,13H,9-12,14H2,1-4H3,(H2,24,25,26)/t23-/m0/s1. The van der Waals surface area contributed by atoms with Crippen LogP contribution in [0, 0.1) is 6.92 Å². The van der Waals surface area contributed by atoms with E-state index in [1.165, 1.54) is 0 Å². The highest BCUT2D eigenvalue weighted by Gasteiger charge is 2.47. The zero-order valence-electron chi connectivity index (χ0n) is 18.5. The lowest BCUT2D eigenvalue weighted by molar-refractivity contribution is -0.154. The number of likely N-dealkylation sites (tertiary alicyclic amines) is 1. The lowest BCUT2D eigenvalue weighted by atomic mass is 9.77. The molecule has 0 bridgehead atoms. The van der Waals surface area contributed by atoms with Gasteiger partial charge in [-0.25, -0.2) is 9.97 Å². The fraction of sp³-hybridized carbons (Fsp3) is 0.478. The maximum atomic E-state index is 13.4. The Bertz CT molecular complexity index is 1010. The predicted molar refractivity (Wildman–Crippen MR) is 118 cm³/mol. The summed E-state index contributed by atoms with van der Waals surface area (Å²) >= 11 is 0. The Morgan fingerprint density at radius 2 is 1.90 bits per heavy atom. The Balaban J connectivity index is 1.44. The van der Waals surface area contributed by atoms with Crippen LogP contribution in [0.15, 0.2) is 35.5 Å². The quantitative estimate of drug-likeness (QED) is 0.811. The molecule has 1 saturated heterocycles. The number of anilines is 1. The minimum atomic E-state index is -1.01. The number of hydrogen-bond acceptors (Lipinski definition) is 7. The number of nitrogens with zero attached hydrogens (tertiary/aromatic N) is 4. The molecule has 2 aliphatic heterocycles. The second-order valence-corrected chi connectivity index (χ2v) is 8.82. The van der Waals surface area contributed by atoms with E-state index in [1.54, 1.807) is 7.11 Å². The number of benzene rings is 1. The van der Waals surface area contributed by atoms with Crippen molar-refractivity contribution in [1.82, 2.24) is 14.9 Å². The number of methoxy groups -OCH3 is 1. The first-order chi connectivity index (χ1) is 14.7. The molecular weight excluding hydrogens is 394 g/mol. The van der Waals surface area contributed by atoms with E-state index < -0.39 is 5.60 Å². The molecule has 2 N–H and O–H groups in total. The second kappa shape index (κ2) is 7.83. The van der Waals surface area contributed by atoms with Crippen molar-refractivity contribution < 1.29 is 14.4 Å². The molecule has 4 rings (SSSR count). The number of nitrogens with two attached hydrogens (primary N) is 1. The van der Waals surface area contributed by atoms with Gasteiger partial charge in [-0.3, -0.25) is 4.79 Å². The van der Waals surface area contributed by atoms with Gasteiger partial charge < -0.3 is 20.2 Å². The summed E-state index contributed by atoms with van der Waals surface area (Å²) in [4.78, 5) is 29.7. The van der Waals surface area contributed by atoms with Gasteiger partial charge in [0.25, 0.3) is 5.91 Å². The minimum absolute atomic E-state index is 0.0402. The number of hydrogen-bond donors (Lipinski definition) is 1. The molecule has 1 fully saturated rings. The Kier molecular flexibility index (Phi) is 5.33. The van der Waals surface area contributed by atoms with Crippen molar-refractivity contribution in [2.75, 3.05) is 25.9 Å². The summed E-state index contributed by atoms with van der Waals surface area (Å²) in [5.41, 5.74) is 7.29. The van der Waals surface area contributed by atoms with Crippen LogP contribution in [0.5, 0.6) is 5.75 Å². The largest absolute Gasteiger partial charge is 0.496 e. The maximum absolute atomic E-state index is 13.4. The molecule has 0 radical (unpaired) electrons. The van der Waals surface area contributed by atoms with Crippen molar-refractivity contribution in [3.63, 3.8) is 0 Å². The fourth-order valence-corrected chi connectivity index (χ4v) is 4.38. The van der Waals surface area contributed by atoms with Gasteiger partial charge in [0.05, 0.1) is 18.5 Å². The normalized spacial score (nSPS) is 22.6. The van der Waals surface area contributed by atoms with Gasteiger partial charge in [-0.2, -0.15) is 0 Å². The van der Waals surface area contributed by atoms with Gasteiger partial charge >= 0.3 is 0 Å². The van der Waals surface area contributed by atoms with Crippen LogP contribution in [-0.2, 0) is 15.0 Å². The average molecular weight is 424 g/mol. The molecule has 1 aromatic carbocycles. The molecule has 0 unspecified atom stereocenters. The molecule has 8 heteroatoms. The summed E-state index contributed by atoms with van der Waals surface area (Å²) in [5.74, 6) is 1.83. The van der Waals surface area contributed by atoms with E-state index in [9.17, 15) is 4.79 Å². The first-order valence-electron chi connectivity index (χ1n) is 10.5. The summed E-state index contributed by atoms with van der Waals surface area (Å²) in [6, 6.07) is 9.48. The van der Waals surface area contributed by atoms with Crippen molar-refractivity contribution >= 4 is 17.4 Å². The third-order valence-electron chi connectivity index (χ3n) is 6.36. The van der Waals surface area contributed by atoms with Crippen LogP contribution >= 0.6 is 0 Å². The molecule has 2 aromatic rings. The van der Waals surface area contributed by atoms with Crippen LogP contribution in [0.1, 0.15) is 50.2 Å². The summed E-state index contributed by atoms with van der Waals surface area (Å²) in [6.07, 6.45) is 2.00. The van der Waals surface area contributed by atoms with E-state index >= 15 is 0 Å². The number of oxime groups is 1. The molecule has 3 heterocycles. The Labute approximate surface area is 182 Å². The van der Waals surface area contributed by atoms with Gasteiger partial charge in [0.2, 0.25) is 5.60 Å². The summed E-state index contributed by atoms with van der Waals surface area (Å²) in [7, 11) is 1.62. The first-order valence-corrected chi connectivity index (χ1v) is 10.5. The number of aryl methyl sites for hydroxylation is 1. The van der Waals surface area contributed by atoms with E-state index in [1.807, 2.05) is 49.1 Å². The Hall–Kier alpha value is -3.16. The van der Waals surface area contributed by atoms with Crippen molar-refractivity contribution in [3.05, 3.63) is 47.4 Å². The second-order valence-electron chi connectivity index (χ2n) is 8.82. The molecular formula is C23H29N5O3. The van der Waals surface area contributed by atoms with E-state index in [4.69, 9.17) is 15.3 Å². The molecule has 0 saturated carbocycles. The van der Waals surface area contributed by atoms with Crippen molar-refractivity contribution in [2.45, 2.75) is 51.0 Å². The molecule has 164 valence electrons. The number of para-hydroxylation sites is 1. The minimum Gasteiger partial charge on any atom is -0.496 e. The average Bonchev–Trinajstić information content (AvgIpc) is 3.16. The Morgan fingerprint density at radius 3 is 2.58 bits per heavy atom. The van der Waals surface area contributed by atoms with Crippen LogP contribution in [0.3, 0.4) is 0 Å². The number of piperidine rings is 1. The van der Waals surface area contributed by atoms with Crippen LogP contribution in [-0.4, -0.2) is 52.3 Å². The molecule has 1 atom stereocenters. The van der Waals surface area contributed by atoms with Crippen LogP contribution in [0.2, 0.25) is 0 Å². The van der Waals surface area contributed by atoms with Crippen molar-refractivity contribution in [3.8, 4) is 5.75 Å². The third kappa shape index (κ3) is 3.94. The highest BCUT2D eigenvalue weighted by molar-refractivity contribution is 6.07. The SMILES string of the molecule is COc1ccccc1C1=NO[C@](C)(C(=O)N2CCC(C)(c3cc(N)nc(C)n3)CC2)C1. The number of rotatable bonds is 4. The number of carbonyl (C=O) groups is 1. The topological polar surface area (TPSA) is 103 Å². The van der Waals surface area contributed by atoms with Crippen LogP contribution in [0.4, 0.5) is 5.82 Å². The zero-order chi connectivity index (χ0) is 22.2. The van der Waals surface area contributed by atoms with Gasteiger partial charge in [0.1, 0.15) is 17.4 Å². The predicted octanol–water partition coefficient (Wildman–Crippen LogP) is 2.84. The number of ether oxygens (including phenoxy) is 1. The van der Waals surface area contributed by atoms with E-state index in [0.29, 0.717) is 31.2 Å². The molecule has 0 aliphatic carbocycles. The number of carbonyl (C=O) groups excluding carboxylic acids is 1. The smallest absolute Gasteiger partial charge is 0.269 e. The highest BCUT2D eigenvalue weighted by Crippen LogP contribution is 2.37. The monoisotopic (exact) mass is 423 g/mol.